The van der Waals surface area contributed by atoms with Crippen molar-refractivity contribution >= 4 is 16.9 Å². The van der Waals surface area contributed by atoms with Gasteiger partial charge in [0.2, 0.25) is 5.95 Å². The second-order valence-electron chi connectivity index (χ2n) is 6.10. The van der Waals surface area contributed by atoms with Crippen LogP contribution in [-0.2, 0) is 7.05 Å². The Labute approximate surface area is 139 Å². The Kier molecular flexibility index (Phi) is 3.45. The molecule has 1 saturated heterocycles. The van der Waals surface area contributed by atoms with Gasteiger partial charge < -0.3 is 10.0 Å². The summed E-state index contributed by atoms with van der Waals surface area (Å²) >= 11 is 0. The SMILES string of the molecule is Cn1c(N2CCCC2)ncc(-c2ccc3cc(O)ccc3n2)c1=O. The van der Waals surface area contributed by atoms with Gasteiger partial charge in [0, 0.05) is 31.7 Å². The normalized spacial score (nSPS) is 14.5. The van der Waals surface area contributed by atoms with E-state index in [-0.39, 0.29) is 11.3 Å². The first-order valence-electron chi connectivity index (χ1n) is 8.04. The maximum Gasteiger partial charge on any atom is 0.264 e. The van der Waals surface area contributed by atoms with E-state index in [2.05, 4.69) is 14.9 Å². The minimum absolute atomic E-state index is 0.0995. The zero-order valence-corrected chi connectivity index (χ0v) is 13.4. The van der Waals surface area contributed by atoms with Crippen LogP contribution in [0.1, 0.15) is 12.8 Å². The summed E-state index contributed by atoms with van der Waals surface area (Å²) < 4.78 is 1.60. The highest BCUT2D eigenvalue weighted by Gasteiger charge is 2.18. The Morgan fingerprint density at radius 2 is 1.92 bits per heavy atom. The molecule has 6 heteroatoms. The molecule has 0 saturated carbocycles. The van der Waals surface area contributed by atoms with E-state index in [4.69, 9.17) is 0 Å². The van der Waals surface area contributed by atoms with E-state index in [1.54, 1.807) is 42.1 Å². The number of fused-ring (bicyclic) bond motifs is 1. The highest BCUT2D eigenvalue weighted by atomic mass is 16.3. The molecule has 1 aromatic carbocycles. The number of benzene rings is 1. The summed E-state index contributed by atoms with van der Waals surface area (Å²) in [7, 11) is 1.76. The van der Waals surface area contributed by atoms with Crippen molar-refractivity contribution in [2.75, 3.05) is 18.0 Å². The topological polar surface area (TPSA) is 71.2 Å². The standard InChI is InChI=1S/C18H18N4O2/c1-21-17(24)14(11-19-18(21)22-8-2-3-9-22)16-6-4-12-10-13(23)5-7-15(12)20-16/h4-7,10-11,23H,2-3,8-9H2,1H3. The maximum absolute atomic E-state index is 12.8. The fraction of sp³-hybridized carbons (Fsp3) is 0.278. The van der Waals surface area contributed by atoms with Gasteiger partial charge in [0.15, 0.2) is 0 Å². The minimum atomic E-state index is -0.0995. The first kappa shape index (κ1) is 14.7. The Hall–Kier alpha value is -2.89. The third-order valence-electron chi connectivity index (χ3n) is 4.48. The van der Waals surface area contributed by atoms with Crippen LogP contribution in [0.2, 0.25) is 0 Å². The maximum atomic E-state index is 12.8. The summed E-state index contributed by atoms with van der Waals surface area (Å²) in [6.45, 7) is 1.88. The number of anilines is 1. The van der Waals surface area contributed by atoms with Gasteiger partial charge in [-0.2, -0.15) is 0 Å². The molecule has 0 spiro atoms. The molecule has 4 rings (SSSR count). The number of hydrogen-bond acceptors (Lipinski definition) is 5. The summed E-state index contributed by atoms with van der Waals surface area (Å²) in [4.78, 5) is 23.9. The molecule has 122 valence electrons. The summed E-state index contributed by atoms with van der Waals surface area (Å²) in [6, 6.07) is 8.62. The van der Waals surface area contributed by atoms with Gasteiger partial charge in [-0.3, -0.25) is 9.36 Å². The predicted molar refractivity (Wildman–Crippen MR) is 93.3 cm³/mol. The number of hydrogen-bond donors (Lipinski definition) is 1. The zero-order chi connectivity index (χ0) is 16.7. The first-order valence-corrected chi connectivity index (χ1v) is 8.04. The van der Waals surface area contributed by atoms with E-state index in [0.717, 1.165) is 36.8 Å². The quantitative estimate of drug-likeness (QED) is 0.784. The van der Waals surface area contributed by atoms with E-state index in [9.17, 15) is 9.90 Å². The van der Waals surface area contributed by atoms with Gasteiger partial charge in [-0.1, -0.05) is 6.07 Å². The Bertz CT molecular complexity index is 974. The van der Waals surface area contributed by atoms with Crippen LogP contribution >= 0.6 is 0 Å². The van der Waals surface area contributed by atoms with E-state index in [1.807, 2.05) is 6.07 Å². The summed E-state index contributed by atoms with van der Waals surface area (Å²) in [5.41, 5.74) is 1.71. The average molecular weight is 322 g/mol. The second-order valence-corrected chi connectivity index (χ2v) is 6.10. The van der Waals surface area contributed by atoms with Crippen molar-refractivity contribution in [2.45, 2.75) is 12.8 Å². The lowest BCUT2D eigenvalue weighted by Crippen LogP contribution is -2.30. The number of phenols is 1. The highest BCUT2D eigenvalue weighted by molar-refractivity contribution is 5.82. The second kappa shape index (κ2) is 5.63. The van der Waals surface area contributed by atoms with Crippen molar-refractivity contribution in [3.63, 3.8) is 0 Å². The van der Waals surface area contributed by atoms with Crippen LogP contribution in [0.15, 0.2) is 41.3 Å². The smallest absolute Gasteiger partial charge is 0.264 e. The fourth-order valence-corrected chi connectivity index (χ4v) is 3.19. The lowest BCUT2D eigenvalue weighted by atomic mass is 10.1. The number of nitrogens with zero attached hydrogens (tertiary/aromatic N) is 4. The van der Waals surface area contributed by atoms with Crippen LogP contribution in [0.4, 0.5) is 5.95 Å². The van der Waals surface area contributed by atoms with Gasteiger partial charge in [-0.15, -0.1) is 0 Å². The largest absolute Gasteiger partial charge is 0.508 e. The molecule has 0 bridgehead atoms. The summed E-state index contributed by atoms with van der Waals surface area (Å²) in [6.07, 6.45) is 3.89. The number of aromatic hydroxyl groups is 1. The molecule has 2 aromatic heterocycles. The predicted octanol–water partition coefficient (Wildman–Crippen LogP) is 2.30. The Morgan fingerprint density at radius 1 is 1.12 bits per heavy atom. The number of aromatic nitrogens is 3. The van der Waals surface area contributed by atoms with Crippen LogP contribution in [0.25, 0.3) is 22.2 Å². The van der Waals surface area contributed by atoms with Crippen molar-refractivity contribution in [2.24, 2.45) is 7.05 Å². The van der Waals surface area contributed by atoms with Gasteiger partial charge >= 0.3 is 0 Å². The molecule has 0 aliphatic carbocycles. The molecule has 0 unspecified atom stereocenters. The molecule has 0 atom stereocenters. The van der Waals surface area contributed by atoms with Crippen LogP contribution in [0.5, 0.6) is 5.75 Å². The van der Waals surface area contributed by atoms with E-state index < -0.39 is 0 Å². The van der Waals surface area contributed by atoms with E-state index in [1.165, 1.54) is 0 Å². The van der Waals surface area contributed by atoms with E-state index >= 15 is 0 Å². The van der Waals surface area contributed by atoms with Gasteiger partial charge in [-0.05, 0) is 37.1 Å². The van der Waals surface area contributed by atoms with Crippen molar-refractivity contribution in [1.29, 1.82) is 0 Å². The van der Waals surface area contributed by atoms with Gasteiger partial charge in [0.05, 0.1) is 16.8 Å². The average Bonchev–Trinajstić information content (AvgIpc) is 3.11. The molecule has 3 aromatic rings. The number of phenolic OH excluding ortho intramolecular Hbond substituents is 1. The van der Waals surface area contributed by atoms with Crippen molar-refractivity contribution in [1.82, 2.24) is 14.5 Å². The van der Waals surface area contributed by atoms with Crippen LogP contribution in [0, 0.1) is 0 Å². The minimum Gasteiger partial charge on any atom is -0.508 e. The van der Waals surface area contributed by atoms with Crippen LogP contribution < -0.4 is 10.5 Å². The molecule has 1 aliphatic heterocycles. The fourth-order valence-electron chi connectivity index (χ4n) is 3.19. The van der Waals surface area contributed by atoms with Crippen molar-refractivity contribution in [3.05, 3.63) is 46.9 Å². The first-order chi connectivity index (χ1) is 11.6. The third-order valence-corrected chi connectivity index (χ3v) is 4.48. The highest BCUT2D eigenvalue weighted by Crippen LogP contribution is 2.23. The number of pyridine rings is 1. The summed E-state index contributed by atoms with van der Waals surface area (Å²) in [5, 5.41) is 10.4. The molecule has 1 aliphatic rings. The van der Waals surface area contributed by atoms with Crippen molar-refractivity contribution in [3.8, 4) is 17.0 Å². The van der Waals surface area contributed by atoms with Gasteiger partial charge in [-0.25, -0.2) is 9.97 Å². The van der Waals surface area contributed by atoms with E-state index in [0.29, 0.717) is 17.2 Å². The molecule has 1 N–H and O–H groups in total. The Morgan fingerprint density at radius 3 is 2.71 bits per heavy atom. The lowest BCUT2D eigenvalue weighted by Gasteiger charge is -2.19. The van der Waals surface area contributed by atoms with Crippen LogP contribution in [-0.4, -0.2) is 32.7 Å². The molecule has 0 radical (unpaired) electrons. The lowest BCUT2D eigenvalue weighted by molar-refractivity contribution is 0.476. The van der Waals surface area contributed by atoms with Gasteiger partial charge in [0.25, 0.3) is 5.56 Å². The monoisotopic (exact) mass is 322 g/mol. The van der Waals surface area contributed by atoms with Crippen LogP contribution in [0.3, 0.4) is 0 Å². The molecule has 3 heterocycles. The van der Waals surface area contributed by atoms with Gasteiger partial charge in [0.1, 0.15) is 5.75 Å². The molecule has 0 amide bonds. The molecule has 1 fully saturated rings. The summed E-state index contributed by atoms with van der Waals surface area (Å²) in [5.74, 6) is 0.913. The molecule has 24 heavy (non-hydrogen) atoms. The molecular weight excluding hydrogens is 304 g/mol. The molecule has 6 nitrogen and oxygen atoms in total. The zero-order valence-electron chi connectivity index (χ0n) is 13.4. The number of rotatable bonds is 2. The van der Waals surface area contributed by atoms with Crippen molar-refractivity contribution < 1.29 is 5.11 Å². The third kappa shape index (κ3) is 2.40. The Balaban J connectivity index is 1.80. The molecular formula is C18H18N4O2.